The van der Waals surface area contributed by atoms with E-state index in [1.54, 1.807) is 36.7 Å². The second-order valence-electron chi connectivity index (χ2n) is 7.55. The van der Waals surface area contributed by atoms with E-state index in [1.807, 2.05) is 19.1 Å². The van der Waals surface area contributed by atoms with Crippen LogP contribution in [0.4, 0.5) is 5.69 Å². The van der Waals surface area contributed by atoms with Gasteiger partial charge in [0.25, 0.3) is 5.91 Å². The summed E-state index contributed by atoms with van der Waals surface area (Å²) in [6.07, 6.45) is 5.46. The molecule has 31 heavy (non-hydrogen) atoms. The number of benzene rings is 1. The third-order valence-electron chi connectivity index (χ3n) is 5.22. The molecule has 0 saturated carbocycles. The van der Waals surface area contributed by atoms with Crippen molar-refractivity contribution in [3.8, 4) is 11.5 Å². The number of nitrogens with one attached hydrogen (secondary N) is 2. The molecule has 0 bridgehead atoms. The zero-order valence-electron chi connectivity index (χ0n) is 17.4. The molecule has 4 rings (SSSR count). The minimum Gasteiger partial charge on any atom is -0.441 e. The molecule has 1 aromatic carbocycles. The molecule has 3 heterocycles. The molecule has 2 amide bonds. The topological polar surface area (TPSA) is 100 Å². The van der Waals surface area contributed by atoms with E-state index in [1.165, 1.54) is 0 Å². The highest BCUT2D eigenvalue weighted by Gasteiger charge is 2.17. The maximum absolute atomic E-state index is 12.4. The van der Waals surface area contributed by atoms with Gasteiger partial charge in [0.2, 0.25) is 11.8 Å². The fraction of sp³-hybridized carbons (Fsp3) is 0.304. The number of carbonyl (C=O) groups excluding carboxylic acids is 2. The first-order valence-electron chi connectivity index (χ1n) is 10.4. The van der Waals surface area contributed by atoms with Crippen molar-refractivity contribution < 1.29 is 14.0 Å². The Morgan fingerprint density at radius 2 is 1.90 bits per heavy atom. The van der Waals surface area contributed by atoms with Gasteiger partial charge in [0.15, 0.2) is 0 Å². The number of oxazole rings is 1. The van der Waals surface area contributed by atoms with E-state index in [-0.39, 0.29) is 11.8 Å². The lowest BCUT2D eigenvalue weighted by Crippen LogP contribution is -2.35. The van der Waals surface area contributed by atoms with Crippen LogP contribution in [0, 0.1) is 6.92 Å². The normalized spacial score (nSPS) is 13.8. The molecular formula is C23H25N5O3. The maximum Gasteiger partial charge on any atom is 0.255 e. The number of rotatable bonds is 7. The van der Waals surface area contributed by atoms with Gasteiger partial charge < -0.3 is 15.1 Å². The predicted octanol–water partition coefficient (Wildman–Crippen LogP) is 3.01. The molecule has 8 heteroatoms. The number of hydrogen-bond donors (Lipinski definition) is 2. The van der Waals surface area contributed by atoms with Gasteiger partial charge in [-0.2, -0.15) is 0 Å². The number of nitrogens with zero attached hydrogens (tertiary/aromatic N) is 3. The van der Waals surface area contributed by atoms with Crippen LogP contribution in [-0.4, -0.2) is 46.3 Å². The van der Waals surface area contributed by atoms with Crippen LogP contribution in [-0.2, 0) is 11.3 Å². The molecule has 0 atom stereocenters. The highest BCUT2D eigenvalue weighted by atomic mass is 16.4. The summed E-state index contributed by atoms with van der Waals surface area (Å²) in [4.78, 5) is 35.2. The van der Waals surface area contributed by atoms with Crippen LogP contribution in [0.15, 0.2) is 53.2 Å². The Kier molecular flexibility index (Phi) is 6.37. The van der Waals surface area contributed by atoms with Crippen LogP contribution in [0.1, 0.15) is 34.7 Å². The first-order chi connectivity index (χ1) is 15.1. The van der Waals surface area contributed by atoms with E-state index in [4.69, 9.17) is 4.42 Å². The molecule has 1 aliphatic rings. The van der Waals surface area contributed by atoms with Crippen LogP contribution in [0.2, 0.25) is 0 Å². The predicted molar refractivity (Wildman–Crippen MR) is 116 cm³/mol. The highest BCUT2D eigenvalue weighted by Crippen LogP contribution is 2.24. The number of pyridine rings is 1. The standard InChI is InChI=1S/C23H25N5O3/c1-16-20(14-25-21(29)15-28-11-2-3-12-28)27-23(31-16)18-5-4-6-19(13-18)26-22(30)17-7-9-24-10-8-17/h4-10,13H,2-3,11-12,14-15H2,1H3,(H,25,29)(H,26,30). The summed E-state index contributed by atoms with van der Waals surface area (Å²) in [5.74, 6) is 0.875. The van der Waals surface area contributed by atoms with Gasteiger partial charge in [-0.15, -0.1) is 0 Å². The molecule has 0 aliphatic carbocycles. The van der Waals surface area contributed by atoms with Gasteiger partial charge in [0.05, 0.1) is 13.1 Å². The summed E-state index contributed by atoms with van der Waals surface area (Å²) in [5, 5.41) is 5.79. The van der Waals surface area contributed by atoms with Gasteiger partial charge in [-0.05, 0) is 63.2 Å². The van der Waals surface area contributed by atoms with Crippen molar-refractivity contribution in [3.05, 3.63) is 65.8 Å². The Morgan fingerprint density at radius 3 is 2.68 bits per heavy atom. The van der Waals surface area contributed by atoms with Crippen LogP contribution < -0.4 is 10.6 Å². The number of hydrogen-bond acceptors (Lipinski definition) is 6. The summed E-state index contributed by atoms with van der Waals surface area (Å²) < 4.78 is 5.82. The second kappa shape index (κ2) is 9.53. The maximum atomic E-state index is 12.4. The summed E-state index contributed by atoms with van der Waals surface area (Å²) in [6.45, 7) is 4.53. The van der Waals surface area contributed by atoms with Crippen molar-refractivity contribution >= 4 is 17.5 Å². The first kappa shape index (κ1) is 20.7. The van der Waals surface area contributed by atoms with E-state index in [9.17, 15) is 9.59 Å². The van der Waals surface area contributed by atoms with Gasteiger partial charge >= 0.3 is 0 Å². The van der Waals surface area contributed by atoms with E-state index in [0.717, 1.165) is 31.5 Å². The van der Waals surface area contributed by atoms with Crippen molar-refractivity contribution in [1.82, 2.24) is 20.2 Å². The fourth-order valence-electron chi connectivity index (χ4n) is 3.53. The average molecular weight is 419 g/mol. The lowest BCUT2D eigenvalue weighted by atomic mass is 10.2. The number of amides is 2. The molecule has 2 N–H and O–H groups in total. The number of carbonyl (C=O) groups is 2. The molecule has 0 radical (unpaired) electrons. The highest BCUT2D eigenvalue weighted by molar-refractivity contribution is 6.04. The molecule has 0 unspecified atom stereocenters. The number of anilines is 1. The Morgan fingerprint density at radius 1 is 1.13 bits per heavy atom. The van der Waals surface area contributed by atoms with Gasteiger partial charge in [-0.3, -0.25) is 19.5 Å². The summed E-state index contributed by atoms with van der Waals surface area (Å²) in [6, 6.07) is 10.6. The summed E-state index contributed by atoms with van der Waals surface area (Å²) in [5.41, 5.74) is 2.59. The summed E-state index contributed by atoms with van der Waals surface area (Å²) in [7, 11) is 0. The summed E-state index contributed by atoms with van der Waals surface area (Å²) >= 11 is 0. The van der Waals surface area contributed by atoms with Crippen molar-refractivity contribution in [2.24, 2.45) is 0 Å². The van der Waals surface area contributed by atoms with Crippen molar-refractivity contribution in [2.45, 2.75) is 26.3 Å². The number of aryl methyl sites for hydroxylation is 1. The molecule has 160 valence electrons. The Bertz CT molecular complexity index is 1060. The SMILES string of the molecule is Cc1oc(-c2cccc(NC(=O)c3ccncc3)c2)nc1CNC(=O)CN1CCCC1. The Hall–Kier alpha value is -3.52. The third kappa shape index (κ3) is 5.35. The van der Waals surface area contributed by atoms with Crippen molar-refractivity contribution in [1.29, 1.82) is 0 Å². The first-order valence-corrected chi connectivity index (χ1v) is 10.4. The quantitative estimate of drug-likeness (QED) is 0.611. The zero-order chi connectivity index (χ0) is 21.6. The smallest absolute Gasteiger partial charge is 0.255 e. The Labute approximate surface area is 180 Å². The molecule has 2 aromatic heterocycles. The fourth-order valence-corrected chi connectivity index (χ4v) is 3.53. The largest absolute Gasteiger partial charge is 0.441 e. The van der Waals surface area contributed by atoms with E-state index >= 15 is 0 Å². The molecule has 1 fully saturated rings. The second-order valence-corrected chi connectivity index (χ2v) is 7.55. The van der Waals surface area contributed by atoms with Crippen molar-refractivity contribution in [3.63, 3.8) is 0 Å². The molecule has 8 nitrogen and oxygen atoms in total. The molecule has 3 aromatic rings. The minimum absolute atomic E-state index is 0.00771. The van der Waals surface area contributed by atoms with Crippen molar-refractivity contribution in [2.75, 3.05) is 25.0 Å². The number of likely N-dealkylation sites (tertiary alicyclic amines) is 1. The molecule has 0 spiro atoms. The van der Waals surface area contributed by atoms with E-state index in [2.05, 4.69) is 25.5 Å². The van der Waals surface area contributed by atoms with Gasteiger partial charge in [-0.1, -0.05) is 6.07 Å². The molecular weight excluding hydrogens is 394 g/mol. The van der Waals surface area contributed by atoms with Gasteiger partial charge in [0, 0.05) is 29.2 Å². The van der Waals surface area contributed by atoms with Gasteiger partial charge in [0.1, 0.15) is 11.5 Å². The lowest BCUT2D eigenvalue weighted by Gasteiger charge is -2.13. The monoisotopic (exact) mass is 419 g/mol. The average Bonchev–Trinajstić information content (AvgIpc) is 3.42. The van der Waals surface area contributed by atoms with Crippen LogP contribution in [0.3, 0.4) is 0 Å². The Balaban J connectivity index is 1.40. The minimum atomic E-state index is -0.218. The molecule has 1 aliphatic heterocycles. The lowest BCUT2D eigenvalue weighted by molar-refractivity contribution is -0.122. The third-order valence-corrected chi connectivity index (χ3v) is 5.22. The van der Waals surface area contributed by atoms with E-state index in [0.29, 0.717) is 41.7 Å². The number of aromatic nitrogens is 2. The van der Waals surface area contributed by atoms with E-state index < -0.39 is 0 Å². The van der Waals surface area contributed by atoms with Crippen LogP contribution >= 0.6 is 0 Å². The van der Waals surface area contributed by atoms with Crippen LogP contribution in [0.25, 0.3) is 11.5 Å². The molecule has 1 saturated heterocycles. The zero-order valence-corrected chi connectivity index (χ0v) is 17.4. The van der Waals surface area contributed by atoms with Crippen LogP contribution in [0.5, 0.6) is 0 Å². The van der Waals surface area contributed by atoms with Gasteiger partial charge in [-0.25, -0.2) is 4.98 Å².